The van der Waals surface area contributed by atoms with Crippen LogP contribution in [-0.2, 0) is 9.47 Å². The maximum atomic E-state index is 8.03. The first kappa shape index (κ1) is 14.2. The fraction of sp³-hybridized carbons (Fsp3) is 0.462. The summed E-state index contributed by atoms with van der Waals surface area (Å²) in [5.41, 5.74) is 0.579. The summed E-state index contributed by atoms with van der Waals surface area (Å²) in [6.07, 6.45) is 1.64. The molecular weight excluding hydrogens is 262 g/mol. The van der Waals surface area contributed by atoms with E-state index in [1.54, 1.807) is 18.3 Å². The number of nitrogens with one attached hydrogen (secondary N) is 2. The molecule has 0 unspecified atom stereocenters. The first-order valence-corrected chi connectivity index (χ1v) is 6.84. The Morgan fingerprint density at radius 2 is 2.00 bits per heavy atom. The van der Waals surface area contributed by atoms with Crippen LogP contribution in [0.15, 0.2) is 24.4 Å². The van der Waals surface area contributed by atoms with Crippen molar-refractivity contribution in [3.8, 4) is 0 Å². The van der Waals surface area contributed by atoms with E-state index in [9.17, 15) is 0 Å². The third-order valence-corrected chi connectivity index (χ3v) is 3.71. The number of thioether (sulfide) groups is 1. The summed E-state index contributed by atoms with van der Waals surface area (Å²) in [6, 6.07) is 5.40. The van der Waals surface area contributed by atoms with Crippen LogP contribution >= 0.6 is 11.8 Å². The lowest BCUT2D eigenvalue weighted by atomic mass is 10.1. The van der Waals surface area contributed by atoms with Gasteiger partial charge in [0.15, 0.2) is 5.79 Å². The fourth-order valence-corrected chi connectivity index (χ4v) is 2.33. The van der Waals surface area contributed by atoms with Crippen LogP contribution in [0.5, 0.6) is 0 Å². The lowest BCUT2D eigenvalue weighted by Crippen LogP contribution is -2.41. The minimum absolute atomic E-state index is 0.109. The van der Waals surface area contributed by atoms with Gasteiger partial charge in [0.2, 0.25) is 0 Å². The van der Waals surface area contributed by atoms with Gasteiger partial charge in [0.1, 0.15) is 5.04 Å². The Bertz CT molecular complexity index is 466. The zero-order valence-corrected chi connectivity index (χ0v) is 11.8. The number of rotatable bonds is 2. The number of pyridine rings is 1. The van der Waals surface area contributed by atoms with Gasteiger partial charge in [-0.2, -0.15) is 0 Å². The SMILES string of the molecule is CC1(C)OCC(C(=N)SC(=N)c2ccccn2)CO1. The third kappa shape index (κ3) is 3.86. The molecule has 1 aromatic heterocycles. The Hall–Kier alpha value is -1.24. The number of aromatic nitrogens is 1. The first-order chi connectivity index (χ1) is 8.98. The molecule has 2 N–H and O–H groups in total. The normalized spacial score (nSPS) is 19.1. The van der Waals surface area contributed by atoms with Crippen LogP contribution in [0.3, 0.4) is 0 Å². The minimum Gasteiger partial charge on any atom is -0.350 e. The first-order valence-electron chi connectivity index (χ1n) is 6.02. The van der Waals surface area contributed by atoms with Crippen molar-refractivity contribution in [3.63, 3.8) is 0 Å². The topological polar surface area (TPSA) is 79.0 Å². The zero-order valence-electron chi connectivity index (χ0n) is 11.0. The van der Waals surface area contributed by atoms with E-state index in [4.69, 9.17) is 20.3 Å². The Morgan fingerprint density at radius 1 is 1.32 bits per heavy atom. The van der Waals surface area contributed by atoms with Gasteiger partial charge in [0.25, 0.3) is 0 Å². The highest BCUT2D eigenvalue weighted by atomic mass is 32.2. The molecule has 1 fully saturated rings. The smallest absolute Gasteiger partial charge is 0.162 e. The maximum absolute atomic E-state index is 8.03. The average Bonchev–Trinajstić information content (AvgIpc) is 2.39. The van der Waals surface area contributed by atoms with Gasteiger partial charge in [0.05, 0.1) is 29.9 Å². The highest BCUT2D eigenvalue weighted by Gasteiger charge is 2.31. The van der Waals surface area contributed by atoms with Crippen molar-refractivity contribution < 1.29 is 9.47 Å². The predicted octanol–water partition coefficient (Wildman–Crippen LogP) is 2.52. The van der Waals surface area contributed by atoms with Gasteiger partial charge >= 0.3 is 0 Å². The molecule has 0 saturated carbocycles. The molecule has 0 amide bonds. The summed E-state index contributed by atoms with van der Waals surface area (Å²) < 4.78 is 11.0. The molecule has 102 valence electrons. The third-order valence-electron chi connectivity index (χ3n) is 2.74. The van der Waals surface area contributed by atoms with Gasteiger partial charge in [-0.05, 0) is 26.0 Å². The average molecular weight is 279 g/mol. The van der Waals surface area contributed by atoms with Crippen molar-refractivity contribution in [2.75, 3.05) is 13.2 Å². The largest absolute Gasteiger partial charge is 0.350 e. The number of hydrogen-bond acceptors (Lipinski definition) is 6. The standard InChI is InChI=1S/C13H17N3O2S/c1-13(2)17-7-9(8-18-13)11(14)19-12(15)10-5-3-4-6-16-10/h3-6,9,14-15H,7-8H2,1-2H3. The van der Waals surface area contributed by atoms with Crippen LogP contribution in [0.4, 0.5) is 0 Å². The molecule has 0 radical (unpaired) electrons. The second-order valence-electron chi connectivity index (χ2n) is 4.73. The monoisotopic (exact) mass is 279 g/mol. The quantitative estimate of drug-likeness (QED) is 0.644. The molecule has 19 heavy (non-hydrogen) atoms. The molecule has 5 nitrogen and oxygen atoms in total. The lowest BCUT2D eigenvalue weighted by Gasteiger charge is -2.34. The second-order valence-corrected chi connectivity index (χ2v) is 5.78. The molecule has 0 bridgehead atoms. The van der Waals surface area contributed by atoms with Crippen molar-refractivity contribution >= 4 is 21.8 Å². The molecular formula is C13H17N3O2S. The Labute approximate surface area is 116 Å². The molecule has 6 heteroatoms. The van der Waals surface area contributed by atoms with Crippen LogP contribution < -0.4 is 0 Å². The molecule has 0 spiro atoms. The van der Waals surface area contributed by atoms with Gasteiger partial charge in [-0.1, -0.05) is 17.8 Å². The van der Waals surface area contributed by atoms with Crippen LogP contribution in [0.2, 0.25) is 0 Å². The van der Waals surface area contributed by atoms with E-state index in [1.165, 1.54) is 0 Å². The molecule has 0 atom stereocenters. The van der Waals surface area contributed by atoms with E-state index in [0.717, 1.165) is 11.8 Å². The highest BCUT2D eigenvalue weighted by Crippen LogP contribution is 2.25. The second kappa shape index (κ2) is 5.81. The molecule has 0 aliphatic carbocycles. The molecule has 2 heterocycles. The van der Waals surface area contributed by atoms with Gasteiger partial charge < -0.3 is 9.47 Å². The van der Waals surface area contributed by atoms with E-state index in [-0.39, 0.29) is 11.0 Å². The Morgan fingerprint density at radius 3 is 2.58 bits per heavy atom. The van der Waals surface area contributed by atoms with Crippen molar-refractivity contribution in [3.05, 3.63) is 30.1 Å². The van der Waals surface area contributed by atoms with Gasteiger partial charge in [-0.15, -0.1) is 0 Å². The van der Waals surface area contributed by atoms with E-state index >= 15 is 0 Å². The van der Waals surface area contributed by atoms with Crippen LogP contribution in [0, 0.1) is 16.7 Å². The molecule has 1 aromatic rings. The van der Waals surface area contributed by atoms with E-state index in [1.807, 2.05) is 19.9 Å². The molecule has 1 saturated heterocycles. The Kier molecular flexibility index (Phi) is 4.34. The van der Waals surface area contributed by atoms with Gasteiger partial charge in [-0.25, -0.2) is 0 Å². The molecule has 1 aliphatic rings. The number of ether oxygens (including phenoxy) is 2. The Balaban J connectivity index is 1.90. The summed E-state index contributed by atoms with van der Waals surface area (Å²) >= 11 is 1.10. The predicted molar refractivity (Wildman–Crippen MR) is 75.9 cm³/mol. The summed E-state index contributed by atoms with van der Waals surface area (Å²) in [7, 11) is 0. The van der Waals surface area contributed by atoms with Crippen LogP contribution in [0.25, 0.3) is 0 Å². The fourth-order valence-electron chi connectivity index (χ4n) is 1.59. The highest BCUT2D eigenvalue weighted by molar-refractivity contribution is 8.26. The summed E-state index contributed by atoms with van der Waals surface area (Å²) in [5.74, 6) is -0.683. The summed E-state index contributed by atoms with van der Waals surface area (Å²) in [5, 5.41) is 16.6. The summed E-state index contributed by atoms with van der Waals surface area (Å²) in [4.78, 5) is 4.10. The molecule has 1 aliphatic heterocycles. The number of nitrogens with zero attached hydrogens (tertiary/aromatic N) is 1. The molecule has 2 rings (SSSR count). The van der Waals surface area contributed by atoms with E-state index < -0.39 is 5.79 Å². The van der Waals surface area contributed by atoms with Crippen molar-refractivity contribution in [1.82, 2.24) is 4.98 Å². The van der Waals surface area contributed by atoms with Crippen molar-refractivity contribution in [2.24, 2.45) is 5.92 Å². The van der Waals surface area contributed by atoms with E-state index in [0.29, 0.717) is 24.0 Å². The zero-order chi connectivity index (χ0) is 13.9. The summed E-state index contributed by atoms with van der Waals surface area (Å²) in [6.45, 7) is 4.62. The van der Waals surface area contributed by atoms with Crippen LogP contribution in [-0.4, -0.2) is 34.1 Å². The number of hydrogen-bond donors (Lipinski definition) is 2. The van der Waals surface area contributed by atoms with Crippen molar-refractivity contribution in [2.45, 2.75) is 19.6 Å². The lowest BCUT2D eigenvalue weighted by molar-refractivity contribution is -0.253. The molecule has 0 aromatic carbocycles. The van der Waals surface area contributed by atoms with Gasteiger partial charge in [-0.3, -0.25) is 15.8 Å². The van der Waals surface area contributed by atoms with Crippen LogP contribution in [0.1, 0.15) is 19.5 Å². The maximum Gasteiger partial charge on any atom is 0.162 e. The van der Waals surface area contributed by atoms with Gasteiger partial charge in [0, 0.05) is 6.20 Å². The van der Waals surface area contributed by atoms with Crippen molar-refractivity contribution in [1.29, 1.82) is 10.8 Å². The minimum atomic E-state index is -0.573. The van der Waals surface area contributed by atoms with E-state index in [2.05, 4.69) is 4.98 Å².